The Morgan fingerprint density at radius 3 is 1.67 bits per heavy atom. The van der Waals surface area contributed by atoms with Crippen LogP contribution in [-0.2, 0) is 4.57 Å². The standard InChI is InChI=1S/C11H25O6P/c1-7(2)11(8(3)4,18(15,16)17)10(14)9(13)5-6-12/h7-10,12-14H,5-6H2,1-4H3,(H2,15,16,17). The van der Waals surface area contributed by atoms with Gasteiger partial charge >= 0.3 is 7.60 Å². The predicted molar refractivity (Wildman–Crippen MR) is 68.2 cm³/mol. The molecule has 0 saturated heterocycles. The third-order valence-electron chi connectivity index (χ3n) is 3.62. The molecule has 2 atom stereocenters. The third-order valence-corrected chi connectivity index (χ3v) is 5.92. The second-order valence-electron chi connectivity index (χ2n) is 5.27. The molecule has 110 valence electrons. The van der Waals surface area contributed by atoms with Crippen molar-refractivity contribution in [1.82, 2.24) is 0 Å². The van der Waals surface area contributed by atoms with Crippen molar-refractivity contribution in [3.8, 4) is 0 Å². The SMILES string of the molecule is CC(C)C(C(C)C)(C(O)C(O)CCO)P(=O)(O)O. The van der Waals surface area contributed by atoms with E-state index in [4.69, 9.17) is 5.11 Å². The molecule has 5 N–H and O–H groups in total. The van der Waals surface area contributed by atoms with Crippen LogP contribution in [0.2, 0.25) is 0 Å². The summed E-state index contributed by atoms with van der Waals surface area (Å²) in [6.07, 6.45) is -3.08. The quantitative estimate of drug-likeness (QED) is 0.430. The summed E-state index contributed by atoms with van der Waals surface area (Å²) in [7, 11) is -4.64. The van der Waals surface area contributed by atoms with Gasteiger partial charge in [-0.25, -0.2) is 0 Å². The van der Waals surface area contributed by atoms with E-state index in [9.17, 15) is 24.6 Å². The first kappa shape index (κ1) is 18.0. The van der Waals surface area contributed by atoms with Crippen LogP contribution in [0.1, 0.15) is 34.1 Å². The fourth-order valence-electron chi connectivity index (χ4n) is 2.79. The van der Waals surface area contributed by atoms with Gasteiger partial charge in [0.2, 0.25) is 0 Å². The summed E-state index contributed by atoms with van der Waals surface area (Å²) in [5.41, 5.74) is 0. The van der Waals surface area contributed by atoms with E-state index in [1.807, 2.05) is 0 Å². The van der Waals surface area contributed by atoms with Gasteiger partial charge in [0.1, 0.15) is 5.16 Å². The fraction of sp³-hybridized carbons (Fsp3) is 1.00. The van der Waals surface area contributed by atoms with Gasteiger partial charge in [0, 0.05) is 6.61 Å². The lowest BCUT2D eigenvalue weighted by atomic mass is 9.77. The zero-order chi connectivity index (χ0) is 14.7. The molecule has 0 aromatic rings. The third kappa shape index (κ3) is 3.13. The Morgan fingerprint density at radius 2 is 1.44 bits per heavy atom. The van der Waals surface area contributed by atoms with Crippen molar-refractivity contribution in [2.45, 2.75) is 51.5 Å². The fourth-order valence-corrected chi connectivity index (χ4v) is 4.66. The van der Waals surface area contributed by atoms with Gasteiger partial charge in [-0.15, -0.1) is 0 Å². The first-order valence-electron chi connectivity index (χ1n) is 6.06. The molecule has 0 fully saturated rings. The molecule has 0 aliphatic carbocycles. The van der Waals surface area contributed by atoms with Crippen LogP contribution in [-0.4, -0.2) is 49.1 Å². The van der Waals surface area contributed by atoms with E-state index in [2.05, 4.69) is 0 Å². The molecule has 2 unspecified atom stereocenters. The Balaban J connectivity index is 5.66. The zero-order valence-electron chi connectivity index (χ0n) is 11.3. The summed E-state index contributed by atoms with van der Waals surface area (Å²) in [5.74, 6) is -1.05. The molecule has 0 heterocycles. The highest BCUT2D eigenvalue weighted by molar-refractivity contribution is 7.53. The molecule has 0 aromatic carbocycles. The molecule has 0 aromatic heterocycles. The first-order valence-corrected chi connectivity index (χ1v) is 7.67. The minimum absolute atomic E-state index is 0.123. The normalized spacial score (nSPS) is 17.3. The molecule has 0 bridgehead atoms. The Kier molecular flexibility index (Phi) is 6.47. The summed E-state index contributed by atoms with van der Waals surface area (Å²) in [4.78, 5) is 19.3. The van der Waals surface area contributed by atoms with Crippen molar-refractivity contribution >= 4 is 7.60 Å². The van der Waals surface area contributed by atoms with Crippen LogP contribution in [0.5, 0.6) is 0 Å². The number of hydrogen-bond donors (Lipinski definition) is 5. The summed E-state index contributed by atoms with van der Waals surface area (Å²) >= 11 is 0. The lowest BCUT2D eigenvalue weighted by Gasteiger charge is -2.46. The molecule has 7 heteroatoms. The monoisotopic (exact) mass is 284 g/mol. The maximum Gasteiger partial charge on any atom is 0.334 e. The van der Waals surface area contributed by atoms with Gasteiger partial charge in [0.25, 0.3) is 0 Å². The number of aliphatic hydroxyl groups is 3. The predicted octanol–water partition coefficient (Wildman–Crippen LogP) is 0.319. The van der Waals surface area contributed by atoms with E-state index >= 15 is 0 Å². The lowest BCUT2D eigenvalue weighted by molar-refractivity contribution is -0.0476. The van der Waals surface area contributed by atoms with Gasteiger partial charge < -0.3 is 25.1 Å². The molecule has 0 amide bonds. The average molecular weight is 284 g/mol. The Hall–Kier alpha value is 0.0300. The van der Waals surface area contributed by atoms with Crippen molar-refractivity contribution in [3.05, 3.63) is 0 Å². The second-order valence-corrected chi connectivity index (χ2v) is 7.13. The zero-order valence-corrected chi connectivity index (χ0v) is 12.2. The van der Waals surface area contributed by atoms with Gasteiger partial charge in [-0.05, 0) is 18.3 Å². The molecule has 18 heavy (non-hydrogen) atoms. The van der Waals surface area contributed by atoms with Crippen LogP contribution in [0.4, 0.5) is 0 Å². The summed E-state index contributed by atoms with van der Waals surface area (Å²) in [5, 5.41) is 27.0. The van der Waals surface area contributed by atoms with Crippen molar-refractivity contribution in [2.75, 3.05) is 6.61 Å². The maximum absolute atomic E-state index is 11.8. The van der Waals surface area contributed by atoms with Crippen LogP contribution in [0.25, 0.3) is 0 Å². The van der Waals surface area contributed by atoms with E-state index in [1.54, 1.807) is 27.7 Å². The number of hydrogen-bond acceptors (Lipinski definition) is 4. The molecule has 0 spiro atoms. The van der Waals surface area contributed by atoms with Gasteiger partial charge in [-0.2, -0.15) is 0 Å². The molecule has 0 saturated carbocycles. The van der Waals surface area contributed by atoms with Gasteiger partial charge in [0.15, 0.2) is 0 Å². The van der Waals surface area contributed by atoms with Crippen LogP contribution in [0.15, 0.2) is 0 Å². The number of aliphatic hydroxyl groups excluding tert-OH is 3. The van der Waals surface area contributed by atoms with E-state index in [0.29, 0.717) is 0 Å². The van der Waals surface area contributed by atoms with Crippen LogP contribution in [0.3, 0.4) is 0 Å². The highest BCUT2D eigenvalue weighted by atomic mass is 31.2. The smallest absolute Gasteiger partial charge is 0.334 e. The Bertz CT molecular complexity index is 290. The van der Waals surface area contributed by atoms with Crippen molar-refractivity contribution in [2.24, 2.45) is 11.8 Å². The number of rotatable bonds is 7. The highest BCUT2D eigenvalue weighted by Crippen LogP contribution is 2.60. The Morgan fingerprint density at radius 1 is 1.06 bits per heavy atom. The topological polar surface area (TPSA) is 118 Å². The Labute approximate surface area is 108 Å². The van der Waals surface area contributed by atoms with Crippen LogP contribution >= 0.6 is 7.60 Å². The lowest BCUT2D eigenvalue weighted by Crippen LogP contribution is -2.55. The highest BCUT2D eigenvalue weighted by Gasteiger charge is 2.58. The van der Waals surface area contributed by atoms with E-state index in [0.717, 1.165) is 0 Å². The molecular formula is C11H25O6P. The van der Waals surface area contributed by atoms with Gasteiger partial charge in [-0.1, -0.05) is 27.7 Å². The van der Waals surface area contributed by atoms with E-state index in [1.165, 1.54) is 0 Å². The van der Waals surface area contributed by atoms with Crippen molar-refractivity contribution in [3.63, 3.8) is 0 Å². The van der Waals surface area contributed by atoms with E-state index < -0.39 is 36.8 Å². The summed E-state index contributed by atoms with van der Waals surface area (Å²) in [6, 6.07) is 0. The average Bonchev–Trinajstić information content (AvgIpc) is 2.14. The summed E-state index contributed by atoms with van der Waals surface area (Å²) < 4.78 is 11.8. The minimum atomic E-state index is -4.64. The largest absolute Gasteiger partial charge is 0.396 e. The first-order chi connectivity index (χ1) is 8.03. The van der Waals surface area contributed by atoms with Gasteiger partial charge in [-0.3, -0.25) is 4.57 Å². The van der Waals surface area contributed by atoms with Crippen LogP contribution in [0, 0.1) is 11.8 Å². The molecule has 0 radical (unpaired) electrons. The van der Waals surface area contributed by atoms with Crippen LogP contribution < -0.4 is 0 Å². The second kappa shape index (κ2) is 6.46. The molecular weight excluding hydrogens is 259 g/mol. The van der Waals surface area contributed by atoms with Gasteiger partial charge in [0.05, 0.1) is 12.2 Å². The summed E-state index contributed by atoms with van der Waals surface area (Å²) in [6.45, 7) is 6.07. The van der Waals surface area contributed by atoms with E-state index in [-0.39, 0.29) is 13.0 Å². The van der Waals surface area contributed by atoms with Crippen molar-refractivity contribution in [1.29, 1.82) is 0 Å². The maximum atomic E-state index is 11.8. The molecule has 0 aliphatic heterocycles. The molecule has 0 aliphatic rings. The molecule has 0 rings (SSSR count). The minimum Gasteiger partial charge on any atom is -0.396 e. The van der Waals surface area contributed by atoms with Crippen molar-refractivity contribution < 1.29 is 29.7 Å². The molecule has 6 nitrogen and oxygen atoms in total.